The van der Waals surface area contributed by atoms with Crippen LogP contribution in [-0.2, 0) is 19.6 Å². The number of nitrogens with zero attached hydrogens (tertiary/aromatic N) is 3. The van der Waals surface area contributed by atoms with Gasteiger partial charge in [0, 0.05) is 38.7 Å². The minimum atomic E-state index is -3.98. The highest BCUT2D eigenvalue weighted by Crippen LogP contribution is 2.37. The molecule has 2 aliphatic heterocycles. The van der Waals surface area contributed by atoms with Crippen molar-refractivity contribution in [2.75, 3.05) is 40.4 Å². The standard InChI is InChI=1S/C25H26BrN3O9S/c1-37-19-14-21(20(38-2)13-17(19)26)39(35,36)28-11-9-27(10-12-28)22(30)8-7-18(25(33)34)29-23(31)15-5-3-4-6-16(15)24(29)32/h3-6,13-14,18H,7-12H2,1-2H3,(H,33,34)/t18-/m0/s1. The number of methoxy groups -OCH3 is 2. The number of fused-ring (bicyclic) bond motifs is 1. The Morgan fingerprint density at radius 2 is 1.54 bits per heavy atom. The van der Waals surface area contributed by atoms with Crippen LogP contribution in [0.2, 0.25) is 0 Å². The maximum atomic E-state index is 13.4. The summed E-state index contributed by atoms with van der Waals surface area (Å²) in [6, 6.07) is 7.41. The molecule has 2 aromatic rings. The first-order chi connectivity index (χ1) is 18.5. The third kappa shape index (κ3) is 5.36. The minimum Gasteiger partial charge on any atom is -0.496 e. The first kappa shape index (κ1) is 28.5. The molecule has 2 heterocycles. The second-order valence-corrected chi connectivity index (χ2v) is 11.6. The fourth-order valence-electron chi connectivity index (χ4n) is 4.62. The fourth-order valence-corrected chi connectivity index (χ4v) is 6.68. The average molecular weight is 624 g/mol. The molecule has 1 N–H and O–H groups in total. The highest BCUT2D eigenvalue weighted by Gasteiger charge is 2.43. The number of carbonyl (C=O) groups excluding carboxylic acids is 3. The Kier molecular flexibility index (Phi) is 8.28. The predicted octanol–water partition coefficient (Wildman–Crippen LogP) is 1.83. The summed E-state index contributed by atoms with van der Waals surface area (Å²) in [4.78, 5) is 52.3. The highest BCUT2D eigenvalue weighted by molar-refractivity contribution is 9.10. The van der Waals surface area contributed by atoms with Crippen LogP contribution < -0.4 is 9.47 Å². The molecular weight excluding hydrogens is 598 g/mol. The molecule has 0 aromatic heterocycles. The monoisotopic (exact) mass is 623 g/mol. The van der Waals surface area contributed by atoms with E-state index in [1.165, 1.54) is 47.7 Å². The normalized spacial score (nSPS) is 16.7. The molecule has 0 saturated carbocycles. The number of ether oxygens (including phenoxy) is 2. The Labute approximate surface area is 233 Å². The van der Waals surface area contributed by atoms with E-state index in [-0.39, 0.29) is 60.8 Å². The first-order valence-corrected chi connectivity index (χ1v) is 14.1. The number of hydrogen-bond acceptors (Lipinski definition) is 8. The van der Waals surface area contributed by atoms with Crippen LogP contribution in [0, 0.1) is 0 Å². The molecule has 0 unspecified atom stereocenters. The molecule has 208 valence electrons. The van der Waals surface area contributed by atoms with Crippen molar-refractivity contribution in [1.82, 2.24) is 14.1 Å². The van der Waals surface area contributed by atoms with Crippen LogP contribution in [0.3, 0.4) is 0 Å². The van der Waals surface area contributed by atoms with Crippen molar-refractivity contribution in [3.05, 3.63) is 52.0 Å². The Morgan fingerprint density at radius 3 is 2.05 bits per heavy atom. The van der Waals surface area contributed by atoms with Gasteiger partial charge >= 0.3 is 5.97 Å². The third-order valence-electron chi connectivity index (χ3n) is 6.70. The maximum absolute atomic E-state index is 13.4. The van der Waals surface area contributed by atoms with Crippen molar-refractivity contribution in [2.24, 2.45) is 0 Å². The number of sulfonamides is 1. The topological polar surface area (TPSA) is 151 Å². The summed E-state index contributed by atoms with van der Waals surface area (Å²) in [6.07, 6.45) is -0.511. The van der Waals surface area contributed by atoms with Gasteiger partial charge in [-0.25, -0.2) is 13.2 Å². The fraction of sp³-hybridized carbons (Fsp3) is 0.360. The average Bonchev–Trinajstić information content (AvgIpc) is 3.18. The minimum absolute atomic E-state index is 0.0103. The molecule has 1 fully saturated rings. The SMILES string of the molecule is COc1cc(S(=O)(=O)N2CCN(C(=O)CC[C@@H](C(=O)O)N3C(=O)c4ccccc4C3=O)CC2)c(OC)cc1Br. The van der Waals surface area contributed by atoms with E-state index in [0.717, 1.165) is 0 Å². The van der Waals surface area contributed by atoms with E-state index in [4.69, 9.17) is 9.47 Å². The summed E-state index contributed by atoms with van der Waals surface area (Å²) in [7, 11) is -1.21. The lowest BCUT2D eigenvalue weighted by molar-refractivity contribution is -0.142. The molecule has 2 aliphatic rings. The molecule has 39 heavy (non-hydrogen) atoms. The van der Waals surface area contributed by atoms with Crippen LogP contribution in [0.25, 0.3) is 0 Å². The van der Waals surface area contributed by atoms with Gasteiger partial charge in [-0.15, -0.1) is 0 Å². The van der Waals surface area contributed by atoms with Gasteiger partial charge in [0.2, 0.25) is 15.9 Å². The first-order valence-electron chi connectivity index (χ1n) is 11.9. The van der Waals surface area contributed by atoms with Gasteiger partial charge in [-0.05, 0) is 40.5 Å². The van der Waals surface area contributed by atoms with Crippen LogP contribution in [0.1, 0.15) is 33.6 Å². The van der Waals surface area contributed by atoms with Crippen molar-refractivity contribution < 1.29 is 42.2 Å². The van der Waals surface area contributed by atoms with E-state index in [1.54, 1.807) is 12.1 Å². The van der Waals surface area contributed by atoms with Crippen molar-refractivity contribution >= 4 is 49.6 Å². The van der Waals surface area contributed by atoms with E-state index in [1.807, 2.05) is 0 Å². The lowest BCUT2D eigenvalue weighted by Crippen LogP contribution is -2.51. The number of carboxylic acids is 1. The van der Waals surface area contributed by atoms with Gasteiger partial charge < -0.3 is 19.5 Å². The lowest BCUT2D eigenvalue weighted by Gasteiger charge is -2.34. The van der Waals surface area contributed by atoms with Crippen LogP contribution in [0.5, 0.6) is 11.5 Å². The smallest absolute Gasteiger partial charge is 0.326 e. The van der Waals surface area contributed by atoms with Gasteiger partial charge in [0.05, 0.1) is 29.8 Å². The van der Waals surface area contributed by atoms with E-state index >= 15 is 0 Å². The van der Waals surface area contributed by atoms with Gasteiger partial charge in [-0.2, -0.15) is 4.31 Å². The molecule has 0 spiro atoms. The van der Waals surface area contributed by atoms with E-state index in [2.05, 4.69) is 15.9 Å². The zero-order valence-corrected chi connectivity index (χ0v) is 23.5. The molecule has 3 amide bonds. The Balaban J connectivity index is 1.40. The molecule has 0 radical (unpaired) electrons. The zero-order valence-electron chi connectivity index (χ0n) is 21.1. The number of carboxylic acid groups (broad SMARTS) is 1. The van der Waals surface area contributed by atoms with Crippen LogP contribution >= 0.6 is 15.9 Å². The zero-order chi connectivity index (χ0) is 28.5. The number of hydrogen-bond donors (Lipinski definition) is 1. The maximum Gasteiger partial charge on any atom is 0.326 e. The molecule has 2 aromatic carbocycles. The molecule has 1 atom stereocenters. The summed E-state index contributed by atoms with van der Waals surface area (Å²) >= 11 is 3.30. The van der Waals surface area contributed by atoms with Crippen molar-refractivity contribution in [3.8, 4) is 11.5 Å². The van der Waals surface area contributed by atoms with Gasteiger partial charge in [-0.1, -0.05) is 12.1 Å². The van der Waals surface area contributed by atoms with Crippen LogP contribution in [0.4, 0.5) is 0 Å². The summed E-state index contributed by atoms with van der Waals surface area (Å²) < 4.78 is 38.9. The molecule has 12 nitrogen and oxygen atoms in total. The van der Waals surface area contributed by atoms with Gasteiger partial charge in [-0.3, -0.25) is 19.3 Å². The third-order valence-corrected chi connectivity index (χ3v) is 9.24. The largest absolute Gasteiger partial charge is 0.496 e. The summed E-state index contributed by atoms with van der Waals surface area (Å²) in [5.74, 6) is -2.78. The van der Waals surface area contributed by atoms with Crippen molar-refractivity contribution in [2.45, 2.75) is 23.8 Å². The Bertz CT molecular complexity index is 1400. The summed E-state index contributed by atoms with van der Waals surface area (Å²) in [6.45, 7) is 0.185. The number of halogens is 1. The molecule has 14 heteroatoms. The number of rotatable bonds is 9. The van der Waals surface area contributed by atoms with E-state index in [0.29, 0.717) is 15.1 Å². The number of piperazine rings is 1. The van der Waals surface area contributed by atoms with E-state index < -0.39 is 39.8 Å². The quantitative estimate of drug-likeness (QED) is 0.412. The van der Waals surface area contributed by atoms with Gasteiger partial charge in [0.15, 0.2) is 0 Å². The lowest BCUT2D eigenvalue weighted by atomic mass is 10.1. The number of benzene rings is 2. The van der Waals surface area contributed by atoms with E-state index in [9.17, 15) is 32.7 Å². The van der Waals surface area contributed by atoms with Gasteiger partial charge in [0.1, 0.15) is 22.4 Å². The summed E-state index contributed by atoms with van der Waals surface area (Å²) in [5.41, 5.74) is 0.245. The predicted molar refractivity (Wildman–Crippen MR) is 140 cm³/mol. The van der Waals surface area contributed by atoms with Crippen molar-refractivity contribution in [1.29, 1.82) is 0 Å². The Hall–Kier alpha value is -3.49. The number of amides is 3. The second-order valence-electron chi connectivity index (χ2n) is 8.84. The Morgan fingerprint density at radius 1 is 0.974 bits per heavy atom. The highest BCUT2D eigenvalue weighted by atomic mass is 79.9. The molecular formula is C25H26BrN3O9S. The number of aliphatic carboxylic acids is 1. The second kappa shape index (κ2) is 11.3. The molecule has 0 aliphatic carbocycles. The number of carbonyl (C=O) groups is 4. The molecule has 1 saturated heterocycles. The summed E-state index contributed by atoms with van der Waals surface area (Å²) in [5, 5.41) is 9.73. The van der Waals surface area contributed by atoms with Crippen LogP contribution in [0.15, 0.2) is 45.8 Å². The van der Waals surface area contributed by atoms with Crippen LogP contribution in [-0.4, -0.2) is 97.8 Å². The van der Waals surface area contributed by atoms with Crippen molar-refractivity contribution in [3.63, 3.8) is 0 Å². The van der Waals surface area contributed by atoms with Gasteiger partial charge in [0.25, 0.3) is 11.8 Å². The number of imide groups is 1. The molecule has 4 rings (SSSR count). The molecule has 0 bridgehead atoms.